The van der Waals surface area contributed by atoms with E-state index in [9.17, 15) is 45.5 Å². The number of nitrogens with one attached hydrogen (secondary N) is 6. The molecule has 0 aliphatic carbocycles. The summed E-state index contributed by atoms with van der Waals surface area (Å²) in [5.74, 6) is -1.33. The summed E-state index contributed by atoms with van der Waals surface area (Å²) in [5, 5.41) is 0. The van der Waals surface area contributed by atoms with E-state index >= 15 is 0 Å². The third kappa shape index (κ3) is 6.82. The van der Waals surface area contributed by atoms with E-state index in [1.807, 2.05) is 4.98 Å². The fourth-order valence-corrected chi connectivity index (χ4v) is 1.93. The highest BCUT2D eigenvalue weighted by atomic mass is 127. The van der Waals surface area contributed by atoms with Gasteiger partial charge in [-0.2, -0.15) is 26.3 Å². The smallest absolute Gasteiger partial charge is 0.339 e. The Hall–Kier alpha value is -3.39. The molecule has 19 heteroatoms. The number of aromatic nitrogens is 8. The molecule has 0 fully saturated rings. The number of H-pyrrole nitrogens is 6. The Morgan fingerprint density at radius 3 is 1.74 bits per heavy atom. The van der Waals surface area contributed by atoms with E-state index in [4.69, 9.17) is 0 Å². The van der Waals surface area contributed by atoms with Crippen molar-refractivity contribution < 1.29 is 26.3 Å². The number of imidazole rings is 2. The van der Waals surface area contributed by atoms with Gasteiger partial charge in [0.05, 0.1) is 6.33 Å². The van der Waals surface area contributed by atoms with Crippen LogP contribution in [0.5, 0.6) is 0 Å². The lowest BCUT2D eigenvalue weighted by molar-refractivity contribution is -0.144. The monoisotopic (exact) mass is 568 g/mol. The Bertz CT molecular complexity index is 1420. The normalized spacial score (nSPS) is 11.6. The summed E-state index contributed by atoms with van der Waals surface area (Å²) in [6.07, 6.45) is -3.35. The van der Waals surface area contributed by atoms with Gasteiger partial charge in [-0.05, 0) is 0 Å². The van der Waals surface area contributed by atoms with Crippen LogP contribution in [-0.2, 0) is 6.18 Å². The quantitative estimate of drug-likeness (QED) is 0.104. The number of nitrogens with zero attached hydrogens (tertiary/aromatic N) is 2. The number of halogens is 7. The van der Waals surface area contributed by atoms with Gasteiger partial charge >= 0.3 is 21.7 Å². The van der Waals surface area contributed by atoms with Crippen molar-refractivity contribution in [1.82, 2.24) is 39.9 Å². The largest absolute Gasteiger partial charge is 0.449 e. The summed E-state index contributed by atoms with van der Waals surface area (Å²) < 4.78 is 63.5. The standard InChI is InChI=1S/C6H3F3N4O2.C5H4N4O2.CF3I/c7-6(8,9)4-10-1-2(11-4)12-5(15)13-3(1)14;10-4-2-3(7-1-6-2)8-5(11)9-4;2-1(3,4)5/h(H3,10,11,12,13,14,15);1H,(H3,6,7,8,9,10,11);. The number of hydrogen-bond acceptors (Lipinski definition) is 6. The first-order valence-electron chi connectivity index (χ1n) is 7.36. The van der Waals surface area contributed by atoms with Gasteiger partial charge in [0, 0.05) is 22.6 Å². The maximum atomic E-state index is 12.2. The summed E-state index contributed by atoms with van der Waals surface area (Å²) in [6.45, 7) is 0. The Balaban J connectivity index is 0.000000187. The molecule has 4 rings (SSSR count). The van der Waals surface area contributed by atoms with Crippen LogP contribution in [0, 0.1) is 0 Å². The summed E-state index contributed by atoms with van der Waals surface area (Å²) >= 11 is 0.378. The minimum atomic E-state index is -4.69. The second-order valence-corrected chi connectivity index (χ2v) is 6.40. The highest BCUT2D eigenvalue weighted by Crippen LogP contribution is 2.26. The molecule has 0 radical (unpaired) electrons. The van der Waals surface area contributed by atoms with Crippen LogP contribution >= 0.6 is 22.6 Å². The lowest BCUT2D eigenvalue weighted by atomic mass is 10.5. The average Bonchev–Trinajstić information content (AvgIpc) is 3.20. The topological polar surface area (TPSA) is 189 Å². The predicted molar refractivity (Wildman–Crippen MR) is 99.7 cm³/mol. The first kappa shape index (κ1) is 23.9. The van der Waals surface area contributed by atoms with Gasteiger partial charge in [-0.15, -0.1) is 0 Å². The van der Waals surface area contributed by atoms with Gasteiger partial charge in [0.2, 0.25) is 5.82 Å². The molecule has 6 N–H and O–H groups in total. The van der Waals surface area contributed by atoms with Crippen molar-refractivity contribution in [3.63, 3.8) is 0 Å². The van der Waals surface area contributed by atoms with Crippen molar-refractivity contribution in [2.24, 2.45) is 0 Å². The third-order valence-electron chi connectivity index (χ3n) is 2.98. The van der Waals surface area contributed by atoms with E-state index < -0.39 is 49.8 Å². The molecule has 0 amide bonds. The lowest BCUT2D eigenvalue weighted by Crippen LogP contribution is -2.21. The molecule has 0 spiro atoms. The minimum absolute atomic E-state index is 0.277. The number of aromatic amines is 6. The van der Waals surface area contributed by atoms with Crippen molar-refractivity contribution in [2.75, 3.05) is 0 Å². The molecular weight excluding hydrogens is 561 g/mol. The van der Waals surface area contributed by atoms with Gasteiger partial charge in [-0.25, -0.2) is 19.6 Å². The summed E-state index contributed by atoms with van der Waals surface area (Å²) in [4.78, 5) is 62.6. The molecular formula is C12H7F6IN8O4. The van der Waals surface area contributed by atoms with E-state index in [1.54, 1.807) is 9.97 Å². The molecule has 168 valence electrons. The Morgan fingerprint density at radius 2 is 1.23 bits per heavy atom. The van der Waals surface area contributed by atoms with E-state index in [1.165, 1.54) is 6.33 Å². The predicted octanol–water partition coefficient (Wildman–Crippen LogP) is 0.839. The summed E-state index contributed by atoms with van der Waals surface area (Å²) in [7, 11) is 0. The first-order valence-corrected chi connectivity index (χ1v) is 8.44. The summed E-state index contributed by atoms with van der Waals surface area (Å²) in [6, 6.07) is 0. The van der Waals surface area contributed by atoms with Crippen LogP contribution in [0.15, 0.2) is 25.5 Å². The van der Waals surface area contributed by atoms with E-state index in [-0.39, 0.29) is 11.2 Å². The number of alkyl halides is 7. The van der Waals surface area contributed by atoms with Crippen molar-refractivity contribution in [2.45, 2.75) is 10.4 Å². The molecule has 0 aliphatic rings. The molecule has 0 saturated heterocycles. The average molecular weight is 568 g/mol. The number of rotatable bonds is 0. The number of hydrogen-bond donors (Lipinski definition) is 6. The molecule has 0 aliphatic heterocycles. The van der Waals surface area contributed by atoms with Gasteiger partial charge in [0.1, 0.15) is 11.0 Å². The van der Waals surface area contributed by atoms with Gasteiger partial charge in [-0.1, -0.05) is 0 Å². The van der Waals surface area contributed by atoms with Crippen molar-refractivity contribution in [3.8, 4) is 0 Å². The second-order valence-electron chi connectivity index (χ2n) is 5.18. The van der Waals surface area contributed by atoms with Gasteiger partial charge in [0.15, 0.2) is 11.3 Å². The molecule has 12 nitrogen and oxygen atoms in total. The molecule has 31 heavy (non-hydrogen) atoms. The van der Waals surface area contributed by atoms with Crippen molar-refractivity contribution >= 4 is 44.9 Å². The number of fused-ring (bicyclic) bond motifs is 2. The fourth-order valence-electron chi connectivity index (χ4n) is 1.93. The SMILES string of the molecule is FC(F)(F)I.O=c1[nH]c(=O)c2[nH]c(C(F)(F)F)nc2[nH]1.O=c1[nH]c(=O)c2[nH]cnc2[nH]1. The molecule has 0 atom stereocenters. The van der Waals surface area contributed by atoms with E-state index in [2.05, 4.69) is 24.9 Å². The summed E-state index contributed by atoms with van der Waals surface area (Å²) in [5.41, 5.74) is -3.14. The van der Waals surface area contributed by atoms with Crippen molar-refractivity contribution in [1.29, 1.82) is 0 Å². The molecule has 0 unspecified atom stereocenters. The van der Waals surface area contributed by atoms with Crippen LogP contribution in [-0.4, -0.2) is 44.1 Å². The zero-order chi connectivity index (χ0) is 23.6. The van der Waals surface area contributed by atoms with E-state index in [0.717, 1.165) is 0 Å². The maximum Gasteiger partial charge on any atom is 0.449 e. The minimum Gasteiger partial charge on any atom is -0.339 e. The molecule has 4 heterocycles. The maximum absolute atomic E-state index is 12.2. The fraction of sp³-hybridized carbons (Fsp3) is 0.167. The Labute approximate surface area is 175 Å². The second kappa shape index (κ2) is 8.77. The molecule has 0 aromatic carbocycles. The van der Waals surface area contributed by atoms with Crippen LogP contribution in [0.2, 0.25) is 0 Å². The Morgan fingerprint density at radius 1 is 0.742 bits per heavy atom. The van der Waals surface area contributed by atoms with Gasteiger partial charge < -0.3 is 9.97 Å². The highest BCUT2D eigenvalue weighted by Gasteiger charge is 2.35. The lowest BCUT2D eigenvalue weighted by Gasteiger charge is -1.98. The van der Waals surface area contributed by atoms with Gasteiger partial charge in [-0.3, -0.25) is 29.5 Å². The molecule has 4 aromatic rings. The van der Waals surface area contributed by atoms with Crippen LogP contribution in [0.25, 0.3) is 22.3 Å². The van der Waals surface area contributed by atoms with Crippen molar-refractivity contribution in [3.05, 3.63) is 53.8 Å². The van der Waals surface area contributed by atoms with Crippen LogP contribution < -0.4 is 22.5 Å². The first-order chi connectivity index (χ1) is 14.1. The Kier molecular flexibility index (Phi) is 6.76. The molecule has 0 saturated carbocycles. The third-order valence-corrected chi connectivity index (χ3v) is 2.98. The van der Waals surface area contributed by atoms with Gasteiger partial charge in [0.25, 0.3) is 11.1 Å². The van der Waals surface area contributed by atoms with Crippen LogP contribution in [0.1, 0.15) is 5.82 Å². The molecule has 0 bridgehead atoms. The van der Waals surface area contributed by atoms with Crippen LogP contribution in [0.3, 0.4) is 0 Å². The highest BCUT2D eigenvalue weighted by molar-refractivity contribution is 14.1. The van der Waals surface area contributed by atoms with Crippen LogP contribution in [0.4, 0.5) is 26.3 Å². The van der Waals surface area contributed by atoms with E-state index in [0.29, 0.717) is 22.6 Å². The molecule has 4 aromatic heterocycles. The zero-order valence-corrected chi connectivity index (χ0v) is 16.4. The zero-order valence-electron chi connectivity index (χ0n) is 14.3.